The smallest absolute Gasteiger partial charge is 0.222 e. The van der Waals surface area contributed by atoms with E-state index in [9.17, 15) is 13.2 Å². The molecule has 2 fully saturated rings. The van der Waals surface area contributed by atoms with Crippen molar-refractivity contribution in [1.82, 2.24) is 20.9 Å². The van der Waals surface area contributed by atoms with Crippen molar-refractivity contribution in [3.8, 4) is 0 Å². The Hall–Kier alpha value is -1.35. The van der Waals surface area contributed by atoms with Crippen molar-refractivity contribution in [2.45, 2.75) is 64.5 Å². The summed E-state index contributed by atoms with van der Waals surface area (Å²) in [5, 5.41) is 9.22. The van der Waals surface area contributed by atoms with Crippen molar-refractivity contribution in [2.24, 2.45) is 4.99 Å². The molecule has 0 aliphatic carbocycles. The molecule has 0 aromatic rings. The van der Waals surface area contributed by atoms with Gasteiger partial charge in [0.05, 0.1) is 18.1 Å². The van der Waals surface area contributed by atoms with Gasteiger partial charge in [-0.15, -0.1) is 0 Å². The molecule has 0 spiro atoms. The van der Waals surface area contributed by atoms with Crippen LogP contribution in [-0.4, -0.2) is 81.5 Å². The largest absolute Gasteiger partial charge is 0.357 e. The highest BCUT2D eigenvalue weighted by molar-refractivity contribution is 7.91. The summed E-state index contributed by atoms with van der Waals surface area (Å²) in [6.45, 7) is 8.36. The van der Waals surface area contributed by atoms with Gasteiger partial charge in [0.1, 0.15) is 0 Å². The Kier molecular flexibility index (Phi) is 9.50. The van der Waals surface area contributed by atoms with Crippen LogP contribution in [0, 0.1) is 0 Å². The molecule has 2 aliphatic heterocycles. The Morgan fingerprint density at radius 2 is 2.00 bits per heavy atom. The lowest BCUT2D eigenvalue weighted by Gasteiger charge is -2.34. The molecule has 162 valence electrons. The molecular weight excluding hydrogens is 378 g/mol. The summed E-state index contributed by atoms with van der Waals surface area (Å²) in [6, 6.07) is 0.443. The summed E-state index contributed by atoms with van der Waals surface area (Å²) < 4.78 is 22.9. The van der Waals surface area contributed by atoms with Crippen LogP contribution in [0.3, 0.4) is 0 Å². The fourth-order valence-electron chi connectivity index (χ4n) is 3.95. The number of carbonyl (C=O) groups is 1. The Morgan fingerprint density at radius 3 is 2.68 bits per heavy atom. The first-order valence-corrected chi connectivity index (χ1v) is 12.5. The van der Waals surface area contributed by atoms with Crippen molar-refractivity contribution < 1.29 is 13.2 Å². The van der Waals surface area contributed by atoms with Gasteiger partial charge in [0.15, 0.2) is 15.8 Å². The number of sulfone groups is 1. The van der Waals surface area contributed by atoms with Crippen LogP contribution in [0.1, 0.15) is 52.4 Å². The van der Waals surface area contributed by atoms with Crippen LogP contribution in [0.15, 0.2) is 4.99 Å². The van der Waals surface area contributed by atoms with Crippen LogP contribution >= 0.6 is 0 Å². The van der Waals surface area contributed by atoms with Crippen LogP contribution in [0.5, 0.6) is 0 Å². The van der Waals surface area contributed by atoms with Gasteiger partial charge in [0.2, 0.25) is 5.91 Å². The molecule has 0 aromatic carbocycles. The molecule has 8 nitrogen and oxygen atoms in total. The minimum absolute atomic E-state index is 0.0610. The molecule has 0 saturated carbocycles. The van der Waals surface area contributed by atoms with Crippen LogP contribution in [0.25, 0.3) is 0 Å². The summed E-state index contributed by atoms with van der Waals surface area (Å²) in [4.78, 5) is 19.2. The van der Waals surface area contributed by atoms with Gasteiger partial charge in [0.25, 0.3) is 0 Å². The van der Waals surface area contributed by atoms with Crippen LogP contribution in [-0.2, 0) is 14.6 Å². The zero-order chi connectivity index (χ0) is 20.4. The number of guanidine groups is 1. The number of piperidine rings is 1. The van der Waals surface area contributed by atoms with Gasteiger partial charge in [0, 0.05) is 38.1 Å². The second-order valence-corrected chi connectivity index (χ2v) is 9.93. The predicted molar refractivity (Wildman–Crippen MR) is 113 cm³/mol. The zero-order valence-electron chi connectivity index (χ0n) is 17.4. The number of hydrogen-bond acceptors (Lipinski definition) is 5. The van der Waals surface area contributed by atoms with Crippen molar-refractivity contribution in [1.29, 1.82) is 0 Å². The van der Waals surface area contributed by atoms with E-state index in [0.717, 1.165) is 32.1 Å². The molecule has 2 rings (SSSR count). The Morgan fingerprint density at radius 1 is 1.18 bits per heavy atom. The van der Waals surface area contributed by atoms with Crippen molar-refractivity contribution in [3.05, 3.63) is 0 Å². The molecule has 2 heterocycles. The number of rotatable bonds is 9. The SMILES string of the molecule is CCNC(=NCCN1CCCCC1CC)NCCC(=O)NC1CCS(=O)(=O)C1. The third-order valence-corrected chi connectivity index (χ3v) is 7.23. The van der Waals surface area contributed by atoms with E-state index in [-0.39, 0.29) is 23.5 Å². The average Bonchev–Trinajstić information content (AvgIpc) is 3.00. The first-order valence-electron chi connectivity index (χ1n) is 10.7. The minimum Gasteiger partial charge on any atom is -0.357 e. The quantitative estimate of drug-likeness (QED) is 0.374. The Balaban J connectivity index is 1.69. The molecule has 3 N–H and O–H groups in total. The minimum atomic E-state index is -2.97. The van der Waals surface area contributed by atoms with Gasteiger partial charge in [-0.25, -0.2) is 8.42 Å². The third kappa shape index (κ3) is 7.95. The van der Waals surface area contributed by atoms with Crippen molar-refractivity contribution >= 4 is 21.7 Å². The van der Waals surface area contributed by atoms with Crippen LogP contribution < -0.4 is 16.0 Å². The van der Waals surface area contributed by atoms with Gasteiger partial charge < -0.3 is 16.0 Å². The van der Waals surface area contributed by atoms with E-state index in [1.54, 1.807) is 0 Å². The Bertz CT molecular complexity index is 623. The summed E-state index contributed by atoms with van der Waals surface area (Å²) >= 11 is 0. The summed E-state index contributed by atoms with van der Waals surface area (Å²) in [7, 11) is -2.97. The summed E-state index contributed by atoms with van der Waals surface area (Å²) in [6.07, 6.45) is 5.90. The molecule has 1 amide bonds. The maximum atomic E-state index is 12.0. The lowest BCUT2D eigenvalue weighted by Crippen LogP contribution is -2.42. The molecule has 0 radical (unpaired) electrons. The number of nitrogens with one attached hydrogen (secondary N) is 3. The van der Waals surface area contributed by atoms with Gasteiger partial charge in [-0.2, -0.15) is 0 Å². The number of aliphatic imine (C=N–C) groups is 1. The summed E-state index contributed by atoms with van der Waals surface area (Å²) in [5.74, 6) is 0.836. The second-order valence-electron chi connectivity index (χ2n) is 7.70. The maximum absolute atomic E-state index is 12.0. The highest BCUT2D eigenvalue weighted by Gasteiger charge is 2.28. The van der Waals surface area contributed by atoms with E-state index in [1.807, 2.05) is 6.92 Å². The number of nitrogens with zero attached hydrogens (tertiary/aromatic N) is 2. The molecule has 2 atom stereocenters. The molecule has 2 saturated heterocycles. The fourth-order valence-corrected chi connectivity index (χ4v) is 5.63. The van der Waals surface area contributed by atoms with Crippen LogP contribution in [0.2, 0.25) is 0 Å². The average molecular weight is 416 g/mol. The fraction of sp³-hybridized carbons (Fsp3) is 0.895. The highest BCUT2D eigenvalue weighted by Crippen LogP contribution is 2.18. The van der Waals surface area contributed by atoms with E-state index < -0.39 is 9.84 Å². The monoisotopic (exact) mass is 415 g/mol. The van der Waals surface area contributed by atoms with Crippen LogP contribution in [0.4, 0.5) is 0 Å². The highest BCUT2D eigenvalue weighted by atomic mass is 32.2. The number of amides is 1. The molecule has 0 bridgehead atoms. The second kappa shape index (κ2) is 11.6. The van der Waals surface area contributed by atoms with Gasteiger partial charge in [-0.3, -0.25) is 14.7 Å². The van der Waals surface area contributed by atoms with E-state index in [4.69, 9.17) is 0 Å². The number of carbonyl (C=O) groups excluding carboxylic acids is 1. The zero-order valence-corrected chi connectivity index (χ0v) is 18.2. The number of likely N-dealkylation sites (tertiary alicyclic amines) is 1. The maximum Gasteiger partial charge on any atom is 0.222 e. The Labute approximate surface area is 169 Å². The predicted octanol–water partition coefficient (Wildman–Crippen LogP) is 0.499. The van der Waals surface area contributed by atoms with E-state index >= 15 is 0 Å². The van der Waals surface area contributed by atoms with Gasteiger partial charge >= 0.3 is 0 Å². The lowest BCUT2D eigenvalue weighted by atomic mass is 10.0. The molecule has 2 aliphatic rings. The first-order chi connectivity index (χ1) is 13.4. The topological polar surface area (TPSA) is 103 Å². The van der Waals surface area contributed by atoms with Crippen molar-refractivity contribution in [3.63, 3.8) is 0 Å². The van der Waals surface area contributed by atoms with Crippen molar-refractivity contribution in [2.75, 3.05) is 44.2 Å². The first kappa shape index (κ1) is 22.9. The normalized spacial score (nSPS) is 25.4. The van der Waals surface area contributed by atoms with Gasteiger partial charge in [-0.1, -0.05) is 13.3 Å². The number of hydrogen-bond donors (Lipinski definition) is 3. The van der Waals surface area contributed by atoms with E-state index in [2.05, 4.69) is 32.8 Å². The molecule has 0 aromatic heterocycles. The van der Waals surface area contributed by atoms with Gasteiger partial charge in [-0.05, 0) is 39.2 Å². The molecule has 28 heavy (non-hydrogen) atoms. The standard InChI is InChI=1S/C19H37N5O3S/c1-3-17-7-5-6-12-24(17)13-11-22-19(20-4-2)21-10-8-18(25)23-16-9-14-28(26,27)15-16/h16-17H,3-15H2,1-2H3,(H,23,25)(H2,20,21,22). The summed E-state index contributed by atoms with van der Waals surface area (Å²) in [5.41, 5.74) is 0. The molecular formula is C19H37N5O3S. The third-order valence-electron chi connectivity index (χ3n) is 5.46. The molecule has 2 unspecified atom stereocenters. The lowest BCUT2D eigenvalue weighted by molar-refractivity contribution is -0.121. The van der Waals surface area contributed by atoms with E-state index in [0.29, 0.717) is 25.4 Å². The molecule has 9 heteroatoms. The van der Waals surface area contributed by atoms with E-state index in [1.165, 1.54) is 25.7 Å².